The van der Waals surface area contributed by atoms with E-state index in [1.54, 1.807) is 11.3 Å². The first kappa shape index (κ1) is 11.3. The Kier molecular flexibility index (Phi) is 3.70. The topological polar surface area (TPSA) is 33.1 Å². The Hall–Kier alpha value is -1.19. The third-order valence-corrected chi connectivity index (χ3v) is 3.50. The van der Waals surface area contributed by atoms with Crippen LogP contribution in [0.25, 0.3) is 0 Å². The van der Waals surface area contributed by atoms with Gasteiger partial charge in [0.15, 0.2) is 0 Å². The second kappa shape index (κ2) is 5.23. The lowest BCUT2D eigenvalue weighted by molar-refractivity contribution is 0.265. The van der Waals surface area contributed by atoms with Crippen molar-refractivity contribution in [2.75, 3.05) is 6.61 Å². The summed E-state index contributed by atoms with van der Waals surface area (Å²) in [5.74, 6) is 0.182. The molecule has 0 fully saturated rings. The minimum Gasteiger partial charge on any atom is -0.396 e. The lowest BCUT2D eigenvalue weighted by Crippen LogP contribution is -2.06. The molecule has 0 saturated heterocycles. The van der Waals surface area contributed by atoms with Gasteiger partial charge in [-0.1, -0.05) is 29.8 Å². The van der Waals surface area contributed by atoms with Crippen LogP contribution in [0.5, 0.6) is 0 Å². The Balaban J connectivity index is 2.13. The Bertz CT molecular complexity index is 422. The van der Waals surface area contributed by atoms with Gasteiger partial charge in [-0.25, -0.2) is 0 Å². The average Bonchev–Trinajstić information content (AvgIpc) is 2.80. The summed E-state index contributed by atoms with van der Waals surface area (Å²) in [4.78, 5) is 5.28. The number of benzene rings is 1. The third kappa shape index (κ3) is 2.68. The van der Waals surface area contributed by atoms with Crippen molar-refractivity contribution >= 4 is 11.3 Å². The zero-order valence-electron chi connectivity index (χ0n) is 9.26. The average molecular weight is 233 g/mol. The number of hydrogen-bond acceptors (Lipinski definition) is 3. The number of aliphatic hydroxyl groups is 1. The van der Waals surface area contributed by atoms with Gasteiger partial charge in [0.25, 0.3) is 0 Å². The van der Waals surface area contributed by atoms with Crippen molar-refractivity contribution in [2.24, 2.45) is 0 Å². The maximum atomic E-state index is 9.43. The Morgan fingerprint density at radius 2 is 2.06 bits per heavy atom. The predicted octanol–water partition coefficient (Wildman–Crippen LogP) is 2.77. The zero-order valence-corrected chi connectivity index (χ0v) is 10.1. The van der Waals surface area contributed by atoms with E-state index in [2.05, 4.69) is 36.2 Å². The van der Waals surface area contributed by atoms with Gasteiger partial charge in [-0.2, -0.15) is 0 Å². The summed E-state index contributed by atoms with van der Waals surface area (Å²) < 4.78 is 0. The van der Waals surface area contributed by atoms with Crippen LogP contribution >= 0.6 is 11.3 Å². The highest BCUT2D eigenvalue weighted by atomic mass is 32.1. The molecule has 0 bridgehead atoms. The molecule has 2 rings (SSSR count). The molecule has 16 heavy (non-hydrogen) atoms. The van der Waals surface area contributed by atoms with Crippen molar-refractivity contribution in [1.29, 1.82) is 0 Å². The minimum absolute atomic E-state index is 0.182. The summed E-state index contributed by atoms with van der Waals surface area (Å²) in [5, 5.41) is 9.43. The van der Waals surface area contributed by atoms with E-state index in [-0.39, 0.29) is 12.5 Å². The van der Waals surface area contributed by atoms with Gasteiger partial charge < -0.3 is 5.11 Å². The normalized spacial score (nSPS) is 12.6. The molecule has 84 valence electrons. The predicted molar refractivity (Wildman–Crippen MR) is 66.8 cm³/mol. The lowest BCUT2D eigenvalue weighted by Gasteiger charge is -2.13. The Morgan fingerprint density at radius 3 is 2.62 bits per heavy atom. The molecule has 1 atom stereocenters. The third-order valence-electron chi connectivity index (χ3n) is 2.70. The first-order valence-corrected chi connectivity index (χ1v) is 6.22. The number of nitrogens with zero attached hydrogens (tertiary/aromatic N) is 1. The van der Waals surface area contributed by atoms with E-state index in [4.69, 9.17) is 0 Å². The summed E-state index contributed by atoms with van der Waals surface area (Å²) in [6.45, 7) is 2.25. The second-order valence-corrected chi connectivity index (χ2v) is 4.93. The smallest absolute Gasteiger partial charge is 0.0794 e. The van der Waals surface area contributed by atoms with Gasteiger partial charge in [0, 0.05) is 17.0 Å². The highest BCUT2D eigenvalue weighted by molar-refractivity contribution is 7.09. The van der Waals surface area contributed by atoms with Crippen molar-refractivity contribution in [3.05, 3.63) is 52.0 Å². The number of aliphatic hydroxyl groups excluding tert-OH is 1. The molecule has 0 aliphatic heterocycles. The van der Waals surface area contributed by atoms with Gasteiger partial charge >= 0.3 is 0 Å². The molecule has 0 aliphatic carbocycles. The number of hydrogen-bond donors (Lipinski definition) is 1. The second-order valence-electron chi connectivity index (χ2n) is 3.96. The molecule has 0 aliphatic rings. The molecule has 1 aromatic carbocycles. The fourth-order valence-corrected chi connectivity index (χ4v) is 2.39. The lowest BCUT2D eigenvalue weighted by atomic mass is 9.95. The van der Waals surface area contributed by atoms with Crippen LogP contribution in [-0.2, 0) is 6.42 Å². The van der Waals surface area contributed by atoms with Crippen molar-refractivity contribution in [3.63, 3.8) is 0 Å². The van der Waals surface area contributed by atoms with Gasteiger partial charge in [-0.3, -0.25) is 4.98 Å². The van der Waals surface area contributed by atoms with Crippen molar-refractivity contribution in [2.45, 2.75) is 19.3 Å². The molecule has 0 spiro atoms. The van der Waals surface area contributed by atoms with Crippen LogP contribution in [0, 0.1) is 6.92 Å². The maximum Gasteiger partial charge on any atom is 0.0794 e. The number of rotatable bonds is 4. The standard InChI is InChI=1S/C13H15NOS/c1-10-2-4-11(5-3-10)12(8-15)6-13-7-14-9-16-13/h2-5,7,9,12,15H,6,8H2,1H3. The van der Waals surface area contributed by atoms with Gasteiger partial charge in [0.2, 0.25) is 0 Å². The van der Waals surface area contributed by atoms with Crippen molar-refractivity contribution in [1.82, 2.24) is 4.98 Å². The van der Waals surface area contributed by atoms with E-state index in [1.807, 2.05) is 11.7 Å². The van der Waals surface area contributed by atoms with E-state index in [0.29, 0.717) is 0 Å². The summed E-state index contributed by atoms with van der Waals surface area (Å²) >= 11 is 1.64. The summed E-state index contributed by atoms with van der Waals surface area (Å²) in [6.07, 6.45) is 2.74. The van der Waals surface area contributed by atoms with Crippen molar-refractivity contribution in [3.8, 4) is 0 Å². The van der Waals surface area contributed by atoms with E-state index in [1.165, 1.54) is 16.0 Å². The first-order chi connectivity index (χ1) is 7.79. The fourth-order valence-electron chi connectivity index (χ4n) is 1.71. The SMILES string of the molecule is Cc1ccc(C(CO)Cc2cncs2)cc1. The molecule has 1 unspecified atom stereocenters. The molecule has 1 heterocycles. The van der Waals surface area contributed by atoms with Crippen LogP contribution in [0.2, 0.25) is 0 Å². The Labute approximate surface area is 99.6 Å². The molecule has 0 saturated carbocycles. The molecule has 2 nitrogen and oxygen atoms in total. The highest BCUT2D eigenvalue weighted by Crippen LogP contribution is 2.22. The van der Waals surface area contributed by atoms with Gasteiger partial charge in [-0.15, -0.1) is 11.3 Å². The molecule has 1 aromatic heterocycles. The Morgan fingerprint density at radius 1 is 1.31 bits per heavy atom. The van der Waals surface area contributed by atoms with Crippen molar-refractivity contribution < 1.29 is 5.11 Å². The molecular weight excluding hydrogens is 218 g/mol. The van der Waals surface area contributed by atoms with Crippen LogP contribution < -0.4 is 0 Å². The minimum atomic E-state index is 0.182. The van der Waals surface area contributed by atoms with E-state index in [0.717, 1.165) is 6.42 Å². The van der Waals surface area contributed by atoms with Gasteiger partial charge in [0.05, 0.1) is 12.1 Å². The maximum absolute atomic E-state index is 9.43. The highest BCUT2D eigenvalue weighted by Gasteiger charge is 2.11. The van der Waals surface area contributed by atoms with E-state index >= 15 is 0 Å². The number of aryl methyl sites for hydroxylation is 1. The van der Waals surface area contributed by atoms with Crippen LogP contribution in [0.4, 0.5) is 0 Å². The quantitative estimate of drug-likeness (QED) is 0.881. The first-order valence-electron chi connectivity index (χ1n) is 5.34. The summed E-state index contributed by atoms with van der Waals surface area (Å²) in [6, 6.07) is 8.36. The summed E-state index contributed by atoms with van der Waals surface area (Å²) in [7, 11) is 0. The van der Waals surface area contributed by atoms with Gasteiger partial charge in [0.1, 0.15) is 0 Å². The number of aromatic nitrogens is 1. The van der Waals surface area contributed by atoms with Gasteiger partial charge in [-0.05, 0) is 18.9 Å². The van der Waals surface area contributed by atoms with E-state index < -0.39 is 0 Å². The van der Waals surface area contributed by atoms with Crippen LogP contribution in [0.3, 0.4) is 0 Å². The molecule has 0 amide bonds. The molecule has 3 heteroatoms. The van der Waals surface area contributed by atoms with E-state index in [9.17, 15) is 5.11 Å². The molecule has 0 radical (unpaired) electrons. The number of thiazole rings is 1. The summed E-state index contributed by atoms with van der Waals surface area (Å²) in [5.41, 5.74) is 4.28. The van der Waals surface area contributed by atoms with Crippen LogP contribution in [0.1, 0.15) is 21.9 Å². The molecular formula is C13H15NOS. The zero-order chi connectivity index (χ0) is 11.4. The molecule has 1 N–H and O–H groups in total. The molecule has 2 aromatic rings. The van der Waals surface area contributed by atoms with Crippen LogP contribution in [-0.4, -0.2) is 16.7 Å². The van der Waals surface area contributed by atoms with Crippen LogP contribution in [0.15, 0.2) is 36.0 Å². The largest absolute Gasteiger partial charge is 0.396 e. The fraction of sp³-hybridized carbons (Fsp3) is 0.308. The monoisotopic (exact) mass is 233 g/mol.